The molecule has 0 aliphatic carbocycles. The molecule has 2 aliphatic rings. The van der Waals surface area contributed by atoms with E-state index in [-0.39, 0.29) is 34.8 Å². The Hall–Kier alpha value is -3.65. The fourth-order valence-corrected chi connectivity index (χ4v) is 7.17. The van der Waals surface area contributed by atoms with E-state index in [1.165, 1.54) is 16.6 Å². The number of pyridine rings is 1. The number of hydrogen-bond acceptors (Lipinski definition) is 9. The average Bonchev–Trinajstić information content (AvgIpc) is 3.38. The zero-order valence-corrected chi connectivity index (χ0v) is 25.7. The lowest BCUT2D eigenvalue weighted by atomic mass is 10.1. The number of nitrogens with one attached hydrogen (secondary N) is 1. The summed E-state index contributed by atoms with van der Waals surface area (Å²) < 4.78 is 37.0. The van der Waals surface area contributed by atoms with Gasteiger partial charge in [0.25, 0.3) is 5.56 Å². The monoisotopic (exact) mass is 606 g/mol. The summed E-state index contributed by atoms with van der Waals surface area (Å²) in [5.74, 6) is 0.378. The normalized spacial score (nSPS) is 17.4. The number of nitrogens with zero attached hydrogens (tertiary/aromatic N) is 7. The van der Waals surface area contributed by atoms with Crippen molar-refractivity contribution in [1.29, 1.82) is 0 Å². The highest BCUT2D eigenvalue weighted by molar-refractivity contribution is 7.89. The largest absolute Gasteiger partial charge is 0.472 e. The lowest BCUT2D eigenvalue weighted by molar-refractivity contribution is 0.104. The van der Waals surface area contributed by atoms with Crippen LogP contribution in [0.25, 0.3) is 22.4 Å². The first-order chi connectivity index (χ1) is 20.8. The highest BCUT2D eigenvalue weighted by Crippen LogP contribution is 2.32. The number of ether oxygens (including phenoxy) is 1. The Bertz CT molecular complexity index is 1760. The Kier molecular flexibility index (Phi) is 8.32. The maximum Gasteiger partial charge on any atom is 0.279 e. The van der Waals surface area contributed by atoms with E-state index in [0.717, 1.165) is 37.4 Å². The zero-order valence-electron chi connectivity index (χ0n) is 24.9. The maximum atomic E-state index is 13.7. The van der Waals surface area contributed by atoms with Crippen LogP contribution >= 0.6 is 0 Å². The molecule has 0 radical (unpaired) electrons. The van der Waals surface area contributed by atoms with Crippen molar-refractivity contribution in [1.82, 2.24) is 38.8 Å². The molecule has 0 spiro atoms. The zero-order chi connectivity index (χ0) is 30.1. The van der Waals surface area contributed by atoms with E-state index >= 15 is 0 Å². The molecule has 43 heavy (non-hydrogen) atoms. The van der Waals surface area contributed by atoms with E-state index in [1.807, 2.05) is 41.9 Å². The van der Waals surface area contributed by atoms with Crippen LogP contribution in [-0.2, 0) is 23.1 Å². The number of sulfonamides is 1. The molecule has 228 valence electrons. The molecular formula is C30H38N8O4S. The van der Waals surface area contributed by atoms with Crippen molar-refractivity contribution in [3.8, 4) is 17.3 Å². The third kappa shape index (κ3) is 5.69. The molecule has 5 heterocycles. The number of aromatic amines is 1. The number of likely N-dealkylation sites (tertiary alicyclic amines) is 1. The minimum absolute atomic E-state index is 0.0304. The molecule has 2 saturated heterocycles. The second kappa shape index (κ2) is 12.2. The van der Waals surface area contributed by atoms with Gasteiger partial charge in [-0.2, -0.15) is 9.40 Å². The molecule has 13 heteroatoms. The van der Waals surface area contributed by atoms with Gasteiger partial charge >= 0.3 is 0 Å². The number of fused-ring (bicyclic) bond motifs is 1. The lowest BCUT2D eigenvalue weighted by Crippen LogP contribution is -2.48. The highest BCUT2D eigenvalue weighted by Gasteiger charge is 2.32. The van der Waals surface area contributed by atoms with Crippen LogP contribution in [0.5, 0.6) is 5.88 Å². The van der Waals surface area contributed by atoms with Crippen molar-refractivity contribution in [2.45, 2.75) is 44.7 Å². The molecule has 3 aromatic heterocycles. The van der Waals surface area contributed by atoms with Crippen molar-refractivity contribution in [2.24, 2.45) is 0 Å². The Morgan fingerprint density at radius 1 is 0.977 bits per heavy atom. The van der Waals surface area contributed by atoms with Crippen LogP contribution in [-0.4, -0.2) is 99.6 Å². The van der Waals surface area contributed by atoms with Gasteiger partial charge in [-0.15, -0.1) is 0 Å². The summed E-state index contributed by atoms with van der Waals surface area (Å²) >= 11 is 0. The SMILES string of the molecule is CCc1c2nc(-c3cc(S(=O)(=O)N4CCN(CC)CC4)cnc3OCc3ccccc3)[nH]c(=O)c2nn1C1CN(CC)C1. The molecule has 1 N–H and O–H groups in total. The van der Waals surface area contributed by atoms with E-state index in [1.54, 1.807) is 0 Å². The van der Waals surface area contributed by atoms with Gasteiger partial charge in [-0.05, 0) is 31.1 Å². The number of aromatic nitrogens is 5. The van der Waals surface area contributed by atoms with Crippen LogP contribution in [0.15, 0.2) is 52.3 Å². The molecule has 0 amide bonds. The number of H-pyrrole nitrogens is 1. The van der Waals surface area contributed by atoms with Crippen LogP contribution in [0.2, 0.25) is 0 Å². The fraction of sp³-hybridized carbons (Fsp3) is 0.467. The van der Waals surface area contributed by atoms with Gasteiger partial charge < -0.3 is 14.6 Å². The molecule has 0 saturated carbocycles. The van der Waals surface area contributed by atoms with Crippen LogP contribution in [0, 0.1) is 0 Å². The first-order valence-corrected chi connectivity index (χ1v) is 16.4. The molecule has 0 atom stereocenters. The molecule has 4 aromatic rings. The maximum absolute atomic E-state index is 13.7. The highest BCUT2D eigenvalue weighted by atomic mass is 32.2. The van der Waals surface area contributed by atoms with Crippen LogP contribution < -0.4 is 10.3 Å². The molecular weight excluding hydrogens is 568 g/mol. The topological polar surface area (TPSA) is 130 Å². The van der Waals surface area contributed by atoms with E-state index in [2.05, 4.69) is 38.7 Å². The summed E-state index contributed by atoms with van der Waals surface area (Å²) in [5.41, 5.74) is 2.49. The van der Waals surface area contributed by atoms with Gasteiger partial charge in [0.1, 0.15) is 22.8 Å². The molecule has 2 fully saturated rings. The van der Waals surface area contributed by atoms with Gasteiger partial charge in [0, 0.05) is 39.3 Å². The second-order valence-corrected chi connectivity index (χ2v) is 12.9. The molecule has 6 rings (SSSR count). The summed E-state index contributed by atoms with van der Waals surface area (Å²) in [6, 6.07) is 11.3. The predicted octanol–water partition coefficient (Wildman–Crippen LogP) is 2.53. The van der Waals surface area contributed by atoms with Crippen molar-refractivity contribution in [3.63, 3.8) is 0 Å². The van der Waals surface area contributed by atoms with E-state index in [9.17, 15) is 13.2 Å². The van der Waals surface area contributed by atoms with Crippen molar-refractivity contribution >= 4 is 21.1 Å². The minimum atomic E-state index is -3.84. The van der Waals surface area contributed by atoms with Gasteiger partial charge in [-0.1, -0.05) is 51.1 Å². The van der Waals surface area contributed by atoms with Gasteiger partial charge in [0.2, 0.25) is 15.9 Å². The third-order valence-corrected chi connectivity index (χ3v) is 10.3. The smallest absolute Gasteiger partial charge is 0.279 e. The van der Waals surface area contributed by atoms with Gasteiger partial charge in [0.05, 0.1) is 23.5 Å². The van der Waals surface area contributed by atoms with Crippen LogP contribution in [0.3, 0.4) is 0 Å². The fourth-order valence-electron chi connectivity index (χ4n) is 5.77. The number of piperazine rings is 1. The van der Waals surface area contributed by atoms with Crippen molar-refractivity contribution in [2.75, 3.05) is 52.4 Å². The number of aryl methyl sites for hydroxylation is 1. The third-order valence-electron chi connectivity index (χ3n) is 8.43. The van der Waals surface area contributed by atoms with Crippen molar-refractivity contribution in [3.05, 3.63) is 64.2 Å². The Labute approximate surface area is 251 Å². The molecule has 12 nitrogen and oxygen atoms in total. The summed E-state index contributed by atoms with van der Waals surface area (Å²) in [4.78, 5) is 30.1. The summed E-state index contributed by atoms with van der Waals surface area (Å²) in [7, 11) is -3.84. The number of likely N-dealkylation sites (N-methyl/N-ethyl adjacent to an activating group) is 2. The first kappa shape index (κ1) is 29.4. The summed E-state index contributed by atoms with van der Waals surface area (Å²) in [6.45, 7) is 12.1. The standard InChI is InChI=1S/C30H38N8O4S/c1-4-25-26-27(34-38(25)22-18-36(6-3)19-22)29(39)33-28(32-26)24-16-23(43(40,41)37-14-12-35(5-2)13-15-37)17-31-30(24)42-20-21-10-8-7-9-11-21/h7-11,16-17,22H,4-6,12-15,18-20H2,1-3H3,(H,32,33,39). The molecule has 1 aromatic carbocycles. The van der Waals surface area contributed by atoms with Crippen LogP contribution in [0.4, 0.5) is 0 Å². The average molecular weight is 607 g/mol. The Morgan fingerprint density at radius 3 is 2.37 bits per heavy atom. The quantitative estimate of drug-likeness (QED) is 0.290. The van der Waals surface area contributed by atoms with E-state index < -0.39 is 15.6 Å². The Balaban J connectivity index is 1.42. The number of rotatable bonds is 10. The summed E-state index contributed by atoms with van der Waals surface area (Å²) in [5, 5.41) is 4.67. The molecule has 2 aliphatic heterocycles. The van der Waals surface area contributed by atoms with Crippen LogP contribution in [0.1, 0.15) is 38.1 Å². The number of hydrogen-bond donors (Lipinski definition) is 1. The number of benzene rings is 1. The van der Waals surface area contributed by atoms with Crippen molar-refractivity contribution < 1.29 is 13.2 Å². The minimum Gasteiger partial charge on any atom is -0.472 e. The molecule has 0 unspecified atom stereocenters. The first-order valence-electron chi connectivity index (χ1n) is 15.0. The summed E-state index contributed by atoms with van der Waals surface area (Å²) in [6.07, 6.45) is 1.97. The second-order valence-electron chi connectivity index (χ2n) is 11.0. The van der Waals surface area contributed by atoms with Gasteiger partial charge in [-0.3, -0.25) is 14.4 Å². The van der Waals surface area contributed by atoms with E-state index in [4.69, 9.17) is 9.72 Å². The Morgan fingerprint density at radius 2 is 1.70 bits per heavy atom. The predicted molar refractivity (Wildman–Crippen MR) is 164 cm³/mol. The lowest BCUT2D eigenvalue weighted by Gasteiger charge is -2.39. The molecule has 0 bridgehead atoms. The van der Waals surface area contributed by atoms with E-state index in [0.29, 0.717) is 43.7 Å². The van der Waals surface area contributed by atoms with Gasteiger partial charge in [-0.25, -0.2) is 18.4 Å². The van der Waals surface area contributed by atoms with Gasteiger partial charge in [0.15, 0.2) is 5.52 Å².